The van der Waals surface area contributed by atoms with Crippen LogP contribution in [-0.2, 0) is 0 Å². The summed E-state index contributed by atoms with van der Waals surface area (Å²) >= 11 is 0. The average molecular weight is 277 g/mol. The summed E-state index contributed by atoms with van der Waals surface area (Å²) in [5, 5.41) is 12.4. The van der Waals surface area contributed by atoms with Gasteiger partial charge in [-0.15, -0.1) is 0 Å². The molecule has 1 atom stereocenters. The number of pyridine rings is 1. The van der Waals surface area contributed by atoms with E-state index in [0.29, 0.717) is 12.1 Å². The molecule has 4 nitrogen and oxygen atoms in total. The molecule has 0 spiro atoms. The molecular weight excluding hydrogens is 250 g/mol. The standard InChI is InChI=1S/C16H27N3O/c1-3-15(17-2)16-9-8-14(12-18-16)19(10-5-11-20)13-6-4-7-13/h8-9,12-13,15,17,20H,3-7,10-11H2,1-2H3. The van der Waals surface area contributed by atoms with Gasteiger partial charge >= 0.3 is 0 Å². The second-order valence-corrected chi connectivity index (χ2v) is 5.55. The maximum absolute atomic E-state index is 9.06. The Bertz CT molecular complexity index is 385. The second kappa shape index (κ2) is 7.60. The summed E-state index contributed by atoms with van der Waals surface area (Å²) in [4.78, 5) is 7.04. The Hall–Kier alpha value is -1.13. The van der Waals surface area contributed by atoms with E-state index in [4.69, 9.17) is 5.11 Å². The minimum Gasteiger partial charge on any atom is -0.396 e. The summed E-state index contributed by atoms with van der Waals surface area (Å²) in [6.07, 6.45) is 7.71. The topological polar surface area (TPSA) is 48.4 Å². The lowest BCUT2D eigenvalue weighted by Gasteiger charge is -2.39. The molecule has 1 aromatic heterocycles. The third-order valence-corrected chi connectivity index (χ3v) is 4.29. The van der Waals surface area contributed by atoms with Crippen molar-refractivity contribution in [2.24, 2.45) is 0 Å². The van der Waals surface area contributed by atoms with Gasteiger partial charge in [0.1, 0.15) is 0 Å². The van der Waals surface area contributed by atoms with Gasteiger partial charge in [-0.3, -0.25) is 4.98 Å². The van der Waals surface area contributed by atoms with Crippen molar-refractivity contribution in [1.29, 1.82) is 0 Å². The van der Waals surface area contributed by atoms with Crippen LogP contribution >= 0.6 is 0 Å². The summed E-state index contributed by atoms with van der Waals surface area (Å²) in [5.74, 6) is 0. The van der Waals surface area contributed by atoms with Gasteiger partial charge in [-0.2, -0.15) is 0 Å². The molecule has 0 radical (unpaired) electrons. The zero-order valence-electron chi connectivity index (χ0n) is 12.7. The van der Waals surface area contributed by atoms with Crippen molar-refractivity contribution in [3.8, 4) is 0 Å². The van der Waals surface area contributed by atoms with Crippen LogP contribution in [0.5, 0.6) is 0 Å². The summed E-state index contributed by atoms with van der Waals surface area (Å²) in [5.41, 5.74) is 2.30. The first-order chi connectivity index (χ1) is 9.80. The van der Waals surface area contributed by atoms with Crippen molar-refractivity contribution >= 4 is 5.69 Å². The van der Waals surface area contributed by atoms with Crippen molar-refractivity contribution in [2.75, 3.05) is 25.1 Å². The predicted molar refractivity (Wildman–Crippen MR) is 83.0 cm³/mol. The molecule has 0 aromatic carbocycles. The van der Waals surface area contributed by atoms with Gasteiger partial charge in [0.15, 0.2) is 0 Å². The minimum absolute atomic E-state index is 0.256. The van der Waals surface area contributed by atoms with E-state index in [1.165, 1.54) is 24.9 Å². The highest BCUT2D eigenvalue weighted by Gasteiger charge is 2.25. The molecule has 1 aliphatic carbocycles. The molecule has 2 rings (SSSR count). The molecule has 0 aliphatic heterocycles. The van der Waals surface area contributed by atoms with Crippen LogP contribution in [0.15, 0.2) is 18.3 Å². The zero-order chi connectivity index (χ0) is 14.4. The normalized spacial score (nSPS) is 16.8. The molecule has 1 fully saturated rings. The monoisotopic (exact) mass is 277 g/mol. The highest BCUT2D eigenvalue weighted by molar-refractivity contribution is 5.46. The lowest BCUT2D eigenvalue weighted by Crippen LogP contribution is -2.41. The Morgan fingerprint density at radius 3 is 2.70 bits per heavy atom. The zero-order valence-corrected chi connectivity index (χ0v) is 12.7. The van der Waals surface area contributed by atoms with Crippen LogP contribution in [0.4, 0.5) is 5.69 Å². The molecule has 0 saturated heterocycles. The number of hydrogen-bond acceptors (Lipinski definition) is 4. The Morgan fingerprint density at radius 1 is 1.45 bits per heavy atom. The first kappa shape index (κ1) is 15.3. The molecule has 4 heteroatoms. The highest BCUT2D eigenvalue weighted by atomic mass is 16.3. The van der Waals surface area contributed by atoms with Crippen LogP contribution < -0.4 is 10.2 Å². The second-order valence-electron chi connectivity index (χ2n) is 5.55. The van der Waals surface area contributed by atoms with Crippen molar-refractivity contribution in [3.63, 3.8) is 0 Å². The molecule has 1 aromatic rings. The van der Waals surface area contributed by atoms with Crippen molar-refractivity contribution < 1.29 is 5.11 Å². The first-order valence-electron chi connectivity index (χ1n) is 7.80. The van der Waals surface area contributed by atoms with Crippen LogP contribution in [0.1, 0.15) is 50.8 Å². The lowest BCUT2D eigenvalue weighted by atomic mass is 9.91. The number of rotatable bonds is 8. The fourth-order valence-corrected chi connectivity index (χ4v) is 2.80. The Labute approximate surface area is 122 Å². The van der Waals surface area contributed by atoms with Gasteiger partial charge in [0, 0.05) is 25.2 Å². The summed E-state index contributed by atoms with van der Waals surface area (Å²) < 4.78 is 0. The fraction of sp³-hybridized carbons (Fsp3) is 0.688. The Balaban J connectivity index is 2.08. The number of nitrogens with one attached hydrogen (secondary N) is 1. The Kier molecular flexibility index (Phi) is 5.80. The van der Waals surface area contributed by atoms with E-state index in [-0.39, 0.29) is 6.61 Å². The van der Waals surface area contributed by atoms with E-state index in [2.05, 4.69) is 34.3 Å². The molecule has 0 amide bonds. The third kappa shape index (κ3) is 3.49. The summed E-state index contributed by atoms with van der Waals surface area (Å²) in [6, 6.07) is 5.28. The van der Waals surface area contributed by atoms with Crippen molar-refractivity contribution in [3.05, 3.63) is 24.0 Å². The van der Waals surface area contributed by atoms with Crippen molar-refractivity contribution in [2.45, 2.75) is 51.1 Å². The van der Waals surface area contributed by atoms with Gasteiger partial charge in [0.25, 0.3) is 0 Å². The number of hydrogen-bond donors (Lipinski definition) is 2. The molecular formula is C16H27N3O. The van der Waals surface area contributed by atoms with Crippen LogP contribution in [0, 0.1) is 0 Å². The number of nitrogens with zero attached hydrogens (tertiary/aromatic N) is 2. The van der Waals surface area contributed by atoms with Crippen LogP contribution in [-0.4, -0.2) is 36.3 Å². The lowest BCUT2D eigenvalue weighted by molar-refractivity contribution is 0.283. The maximum atomic E-state index is 9.06. The molecule has 1 unspecified atom stereocenters. The molecule has 20 heavy (non-hydrogen) atoms. The van der Waals surface area contributed by atoms with E-state index in [1.807, 2.05) is 13.2 Å². The molecule has 1 aliphatic rings. The van der Waals surface area contributed by atoms with Gasteiger partial charge in [0.2, 0.25) is 0 Å². The predicted octanol–water partition coefficient (Wildman–Crippen LogP) is 2.49. The highest BCUT2D eigenvalue weighted by Crippen LogP contribution is 2.29. The fourth-order valence-electron chi connectivity index (χ4n) is 2.80. The molecule has 112 valence electrons. The minimum atomic E-state index is 0.256. The van der Waals surface area contributed by atoms with Gasteiger partial charge in [-0.05, 0) is 51.3 Å². The molecule has 2 N–H and O–H groups in total. The third-order valence-electron chi connectivity index (χ3n) is 4.29. The van der Waals surface area contributed by atoms with E-state index in [0.717, 1.165) is 25.1 Å². The first-order valence-corrected chi connectivity index (χ1v) is 7.80. The summed E-state index contributed by atoms with van der Waals surface area (Å²) in [7, 11) is 1.98. The average Bonchev–Trinajstić information content (AvgIpc) is 2.43. The summed E-state index contributed by atoms with van der Waals surface area (Å²) in [6.45, 7) is 3.34. The van der Waals surface area contributed by atoms with E-state index in [9.17, 15) is 0 Å². The molecule has 1 saturated carbocycles. The SMILES string of the molecule is CCC(NC)c1ccc(N(CCCO)C2CCC2)cn1. The molecule has 1 heterocycles. The van der Waals surface area contributed by atoms with Crippen LogP contribution in [0.25, 0.3) is 0 Å². The number of aliphatic hydroxyl groups excluding tert-OH is 1. The van der Waals surface area contributed by atoms with Gasteiger partial charge < -0.3 is 15.3 Å². The number of anilines is 1. The smallest absolute Gasteiger partial charge is 0.0574 e. The van der Waals surface area contributed by atoms with Crippen LogP contribution in [0.2, 0.25) is 0 Å². The largest absolute Gasteiger partial charge is 0.396 e. The van der Waals surface area contributed by atoms with E-state index in [1.54, 1.807) is 0 Å². The quantitative estimate of drug-likeness (QED) is 0.766. The number of aliphatic hydroxyl groups is 1. The maximum Gasteiger partial charge on any atom is 0.0574 e. The van der Waals surface area contributed by atoms with Gasteiger partial charge in [-0.1, -0.05) is 6.92 Å². The van der Waals surface area contributed by atoms with Crippen molar-refractivity contribution in [1.82, 2.24) is 10.3 Å². The Morgan fingerprint density at radius 2 is 2.25 bits per heavy atom. The van der Waals surface area contributed by atoms with Gasteiger partial charge in [-0.25, -0.2) is 0 Å². The van der Waals surface area contributed by atoms with Crippen LogP contribution in [0.3, 0.4) is 0 Å². The van der Waals surface area contributed by atoms with E-state index >= 15 is 0 Å². The number of aromatic nitrogens is 1. The van der Waals surface area contributed by atoms with E-state index < -0.39 is 0 Å². The van der Waals surface area contributed by atoms with Gasteiger partial charge in [0.05, 0.1) is 17.6 Å². The molecule has 0 bridgehead atoms.